The van der Waals surface area contributed by atoms with Gasteiger partial charge in [-0.15, -0.1) is 0 Å². The number of anilines is 1. The zero-order valence-corrected chi connectivity index (χ0v) is 13.2. The van der Waals surface area contributed by atoms with E-state index in [0.717, 1.165) is 21.9 Å². The van der Waals surface area contributed by atoms with Gasteiger partial charge in [0.1, 0.15) is 16.9 Å². The molecule has 0 aliphatic carbocycles. The lowest BCUT2D eigenvalue weighted by Gasteiger charge is -2.19. The van der Waals surface area contributed by atoms with Crippen LogP contribution in [0.1, 0.15) is 20.8 Å². The normalized spacial score (nSPS) is 11.8. The molecule has 2 aromatic carbocycles. The van der Waals surface area contributed by atoms with Crippen LogP contribution in [-0.2, 0) is 4.79 Å². The van der Waals surface area contributed by atoms with Gasteiger partial charge in [-0.25, -0.2) is 0 Å². The number of ether oxygens (including phenoxy) is 1. The molecule has 1 heterocycles. The molecular weight excluding hydrogens is 278 g/mol. The molecule has 3 rings (SSSR count). The number of methoxy groups -OCH3 is 1. The fourth-order valence-electron chi connectivity index (χ4n) is 2.33. The van der Waals surface area contributed by atoms with Crippen LogP contribution in [0.15, 0.2) is 40.8 Å². The van der Waals surface area contributed by atoms with Crippen molar-refractivity contribution in [2.24, 2.45) is 5.41 Å². The number of furan rings is 1. The summed E-state index contributed by atoms with van der Waals surface area (Å²) >= 11 is 0. The first-order chi connectivity index (χ1) is 10.4. The third-order valence-corrected chi connectivity index (χ3v) is 3.63. The van der Waals surface area contributed by atoms with Crippen molar-refractivity contribution in [1.29, 1.82) is 0 Å². The van der Waals surface area contributed by atoms with E-state index in [1.165, 1.54) is 0 Å². The molecule has 1 amide bonds. The number of carbonyl (C=O) groups excluding carboxylic acids is 1. The summed E-state index contributed by atoms with van der Waals surface area (Å²) in [5, 5.41) is 4.92. The summed E-state index contributed by atoms with van der Waals surface area (Å²) < 4.78 is 11.3. The predicted octanol–water partition coefficient (Wildman–Crippen LogP) is 4.58. The minimum atomic E-state index is -0.478. The molecule has 22 heavy (non-hydrogen) atoms. The zero-order chi connectivity index (χ0) is 15.9. The van der Waals surface area contributed by atoms with Gasteiger partial charge in [-0.3, -0.25) is 4.79 Å². The smallest absolute Gasteiger partial charge is 0.229 e. The summed E-state index contributed by atoms with van der Waals surface area (Å²) in [6, 6.07) is 11.6. The quantitative estimate of drug-likeness (QED) is 0.753. The third-order valence-electron chi connectivity index (χ3n) is 3.63. The number of amides is 1. The van der Waals surface area contributed by atoms with E-state index in [-0.39, 0.29) is 5.91 Å². The van der Waals surface area contributed by atoms with E-state index < -0.39 is 5.41 Å². The molecule has 3 aromatic rings. The van der Waals surface area contributed by atoms with Crippen LogP contribution in [0.4, 0.5) is 5.69 Å². The van der Waals surface area contributed by atoms with E-state index in [9.17, 15) is 4.79 Å². The highest BCUT2D eigenvalue weighted by molar-refractivity contribution is 6.08. The average molecular weight is 297 g/mol. The van der Waals surface area contributed by atoms with Crippen molar-refractivity contribution in [3.63, 3.8) is 0 Å². The Kier molecular flexibility index (Phi) is 3.32. The Hall–Kier alpha value is -2.49. The maximum Gasteiger partial charge on any atom is 0.229 e. The Balaban J connectivity index is 2.14. The van der Waals surface area contributed by atoms with Crippen LogP contribution in [-0.4, -0.2) is 13.0 Å². The summed E-state index contributed by atoms with van der Waals surface area (Å²) in [5.41, 5.74) is 1.69. The highest BCUT2D eigenvalue weighted by Gasteiger charge is 2.23. The first kappa shape index (κ1) is 14.4. The third kappa shape index (κ3) is 2.41. The molecule has 1 aromatic heterocycles. The molecule has 0 unspecified atom stereocenters. The molecule has 0 saturated heterocycles. The first-order valence-electron chi connectivity index (χ1n) is 7.21. The number of rotatable bonds is 2. The SMILES string of the molecule is COc1cc2c(cc1NC(=O)C(C)(C)C)oc1ccccc12. The maximum atomic E-state index is 12.2. The molecule has 0 spiro atoms. The summed E-state index contributed by atoms with van der Waals surface area (Å²) in [5.74, 6) is 0.554. The maximum absolute atomic E-state index is 12.2. The molecule has 0 atom stereocenters. The Bertz CT molecular complexity index is 856. The lowest BCUT2D eigenvalue weighted by Crippen LogP contribution is -2.27. The second-order valence-electron chi connectivity index (χ2n) is 6.35. The fraction of sp³-hybridized carbons (Fsp3) is 0.278. The summed E-state index contributed by atoms with van der Waals surface area (Å²) in [7, 11) is 1.59. The van der Waals surface area contributed by atoms with Crippen LogP contribution < -0.4 is 10.1 Å². The number of benzene rings is 2. The molecule has 0 aliphatic heterocycles. The summed E-state index contributed by atoms with van der Waals surface area (Å²) in [6.45, 7) is 5.61. The van der Waals surface area contributed by atoms with Gasteiger partial charge < -0.3 is 14.5 Å². The van der Waals surface area contributed by atoms with Crippen molar-refractivity contribution in [3.8, 4) is 5.75 Å². The van der Waals surface area contributed by atoms with Crippen molar-refractivity contribution in [3.05, 3.63) is 36.4 Å². The minimum absolute atomic E-state index is 0.0683. The summed E-state index contributed by atoms with van der Waals surface area (Å²) in [6.07, 6.45) is 0. The van der Waals surface area contributed by atoms with Crippen LogP contribution in [0, 0.1) is 5.41 Å². The van der Waals surface area contributed by atoms with Crippen LogP contribution in [0.25, 0.3) is 21.9 Å². The van der Waals surface area contributed by atoms with Gasteiger partial charge in [-0.1, -0.05) is 39.0 Å². The Morgan fingerprint density at radius 1 is 1.09 bits per heavy atom. The van der Waals surface area contributed by atoms with Gasteiger partial charge in [0.05, 0.1) is 12.8 Å². The van der Waals surface area contributed by atoms with Gasteiger partial charge in [0.15, 0.2) is 0 Å². The standard InChI is InChI=1S/C18H19NO3/c1-18(2,3)17(20)19-13-10-15-12(9-16(13)21-4)11-7-5-6-8-14(11)22-15/h5-10H,1-4H3,(H,19,20). The van der Waals surface area contributed by atoms with Gasteiger partial charge in [-0.2, -0.15) is 0 Å². The first-order valence-corrected chi connectivity index (χ1v) is 7.21. The minimum Gasteiger partial charge on any atom is -0.495 e. The van der Waals surface area contributed by atoms with Crippen LogP contribution in [0.2, 0.25) is 0 Å². The topological polar surface area (TPSA) is 51.5 Å². The van der Waals surface area contributed by atoms with E-state index in [1.54, 1.807) is 7.11 Å². The van der Waals surface area contributed by atoms with E-state index in [0.29, 0.717) is 11.4 Å². The van der Waals surface area contributed by atoms with Crippen molar-refractivity contribution >= 4 is 33.5 Å². The molecular formula is C18H19NO3. The van der Waals surface area contributed by atoms with E-state index in [1.807, 2.05) is 57.2 Å². The van der Waals surface area contributed by atoms with Crippen LogP contribution >= 0.6 is 0 Å². The van der Waals surface area contributed by atoms with Gasteiger partial charge in [0, 0.05) is 22.3 Å². The number of para-hydroxylation sites is 1. The molecule has 1 N–H and O–H groups in total. The highest BCUT2D eigenvalue weighted by Crippen LogP contribution is 2.36. The van der Waals surface area contributed by atoms with Crippen molar-refractivity contribution in [2.75, 3.05) is 12.4 Å². The monoisotopic (exact) mass is 297 g/mol. The van der Waals surface area contributed by atoms with Gasteiger partial charge in [0.2, 0.25) is 5.91 Å². The highest BCUT2D eigenvalue weighted by atomic mass is 16.5. The molecule has 4 heteroatoms. The average Bonchev–Trinajstić information content (AvgIpc) is 2.82. The molecule has 0 aliphatic rings. The van der Waals surface area contributed by atoms with Gasteiger partial charge in [0.25, 0.3) is 0 Å². The second-order valence-corrected chi connectivity index (χ2v) is 6.35. The van der Waals surface area contributed by atoms with Crippen LogP contribution in [0.3, 0.4) is 0 Å². The van der Waals surface area contributed by atoms with Crippen LogP contribution in [0.5, 0.6) is 5.75 Å². The van der Waals surface area contributed by atoms with Crippen molar-refractivity contribution < 1.29 is 13.9 Å². The molecule has 0 radical (unpaired) electrons. The predicted molar refractivity (Wildman–Crippen MR) is 88.4 cm³/mol. The van der Waals surface area contributed by atoms with E-state index in [4.69, 9.17) is 9.15 Å². The molecule has 0 fully saturated rings. The lowest BCUT2D eigenvalue weighted by molar-refractivity contribution is -0.123. The Morgan fingerprint density at radius 3 is 2.50 bits per heavy atom. The summed E-state index contributed by atoms with van der Waals surface area (Å²) in [4.78, 5) is 12.2. The molecule has 0 bridgehead atoms. The fourth-order valence-corrected chi connectivity index (χ4v) is 2.33. The largest absolute Gasteiger partial charge is 0.495 e. The lowest BCUT2D eigenvalue weighted by atomic mass is 9.95. The Labute approximate surface area is 129 Å². The second kappa shape index (κ2) is 5.05. The van der Waals surface area contributed by atoms with Crippen molar-refractivity contribution in [2.45, 2.75) is 20.8 Å². The number of hydrogen-bond acceptors (Lipinski definition) is 3. The zero-order valence-electron chi connectivity index (χ0n) is 13.2. The van der Waals surface area contributed by atoms with E-state index >= 15 is 0 Å². The van der Waals surface area contributed by atoms with Gasteiger partial charge >= 0.3 is 0 Å². The molecule has 0 saturated carbocycles. The number of fused-ring (bicyclic) bond motifs is 3. The van der Waals surface area contributed by atoms with Gasteiger partial charge in [-0.05, 0) is 12.1 Å². The van der Waals surface area contributed by atoms with Crippen molar-refractivity contribution in [1.82, 2.24) is 0 Å². The number of carbonyl (C=O) groups is 1. The molecule has 4 nitrogen and oxygen atoms in total. The van der Waals surface area contributed by atoms with E-state index in [2.05, 4.69) is 5.32 Å². The number of nitrogens with one attached hydrogen (secondary N) is 1. The molecule has 114 valence electrons. The number of hydrogen-bond donors (Lipinski definition) is 1. The Morgan fingerprint density at radius 2 is 1.82 bits per heavy atom.